The zero-order valence-electron chi connectivity index (χ0n) is 9.48. The summed E-state index contributed by atoms with van der Waals surface area (Å²) in [4.78, 5) is 22.9. The lowest BCUT2D eigenvalue weighted by Crippen LogP contribution is -2.34. The first-order valence-electron chi connectivity index (χ1n) is 5.25. The van der Waals surface area contributed by atoms with Gasteiger partial charge in [-0.15, -0.1) is 0 Å². The molecule has 1 rings (SSSR count). The molecule has 5 heteroatoms. The average Bonchev–Trinajstić information content (AvgIpc) is 2.29. The fourth-order valence-electron chi connectivity index (χ4n) is 1.31. The molecule has 1 atom stereocenters. The van der Waals surface area contributed by atoms with Crippen molar-refractivity contribution < 1.29 is 18.7 Å². The summed E-state index contributed by atoms with van der Waals surface area (Å²) < 4.78 is 17.5. The second-order valence-corrected chi connectivity index (χ2v) is 3.50. The molecule has 1 aromatic carbocycles. The zero-order chi connectivity index (χ0) is 12.8. The molecule has 2 N–H and O–H groups in total. The number of ketones is 1. The lowest BCUT2D eigenvalue weighted by atomic mass is 10.0. The quantitative estimate of drug-likeness (QED) is 0.621. The molecule has 0 bridgehead atoms. The first kappa shape index (κ1) is 13.3. The van der Waals surface area contributed by atoms with Crippen LogP contribution in [0.4, 0.5) is 4.39 Å². The van der Waals surface area contributed by atoms with Crippen molar-refractivity contribution in [1.29, 1.82) is 0 Å². The van der Waals surface area contributed by atoms with Gasteiger partial charge in [-0.2, -0.15) is 0 Å². The summed E-state index contributed by atoms with van der Waals surface area (Å²) in [7, 11) is 0. The second-order valence-electron chi connectivity index (χ2n) is 3.50. The van der Waals surface area contributed by atoms with E-state index in [1.54, 1.807) is 6.92 Å². The van der Waals surface area contributed by atoms with Crippen LogP contribution in [0.1, 0.15) is 23.7 Å². The van der Waals surface area contributed by atoms with Crippen molar-refractivity contribution in [3.05, 3.63) is 35.6 Å². The number of nitrogens with two attached hydrogens (primary N) is 1. The van der Waals surface area contributed by atoms with E-state index in [-0.39, 0.29) is 24.4 Å². The number of Topliss-reactive ketones (excluding diaryl/α,β-unsaturated/α-hetero) is 1. The number of benzene rings is 1. The molecular weight excluding hydrogens is 225 g/mol. The molecule has 0 radical (unpaired) electrons. The van der Waals surface area contributed by atoms with Crippen LogP contribution in [0.2, 0.25) is 0 Å². The van der Waals surface area contributed by atoms with E-state index >= 15 is 0 Å². The third kappa shape index (κ3) is 3.96. The van der Waals surface area contributed by atoms with Crippen molar-refractivity contribution in [3.8, 4) is 0 Å². The molecule has 4 nitrogen and oxygen atoms in total. The van der Waals surface area contributed by atoms with E-state index in [1.807, 2.05) is 0 Å². The zero-order valence-corrected chi connectivity index (χ0v) is 9.48. The van der Waals surface area contributed by atoms with E-state index in [1.165, 1.54) is 18.2 Å². The van der Waals surface area contributed by atoms with Gasteiger partial charge >= 0.3 is 5.97 Å². The number of esters is 1. The summed E-state index contributed by atoms with van der Waals surface area (Å²) in [5.74, 6) is -1.51. The van der Waals surface area contributed by atoms with Gasteiger partial charge < -0.3 is 10.5 Å². The van der Waals surface area contributed by atoms with Crippen molar-refractivity contribution in [1.82, 2.24) is 0 Å². The Bertz CT molecular complexity index is 420. The number of ether oxygens (including phenoxy) is 1. The van der Waals surface area contributed by atoms with Crippen molar-refractivity contribution in [2.45, 2.75) is 19.4 Å². The van der Waals surface area contributed by atoms with Gasteiger partial charge in [-0.3, -0.25) is 9.59 Å². The highest BCUT2D eigenvalue weighted by molar-refractivity contribution is 5.98. The van der Waals surface area contributed by atoms with E-state index in [0.717, 1.165) is 6.07 Å². The Labute approximate surface area is 98.6 Å². The molecule has 0 aliphatic rings. The maximum atomic E-state index is 12.9. The van der Waals surface area contributed by atoms with Crippen molar-refractivity contribution >= 4 is 11.8 Å². The van der Waals surface area contributed by atoms with Crippen LogP contribution in [0.25, 0.3) is 0 Å². The third-order valence-electron chi connectivity index (χ3n) is 2.14. The molecule has 0 aliphatic heterocycles. The van der Waals surface area contributed by atoms with Gasteiger partial charge in [0.05, 0.1) is 6.61 Å². The molecule has 0 heterocycles. The van der Waals surface area contributed by atoms with Crippen molar-refractivity contribution in [2.75, 3.05) is 6.61 Å². The normalized spacial score (nSPS) is 11.9. The highest BCUT2D eigenvalue weighted by atomic mass is 19.1. The van der Waals surface area contributed by atoms with Gasteiger partial charge in [0.1, 0.15) is 11.9 Å². The Morgan fingerprint density at radius 1 is 1.47 bits per heavy atom. The Morgan fingerprint density at radius 2 is 2.18 bits per heavy atom. The van der Waals surface area contributed by atoms with Gasteiger partial charge in [0.2, 0.25) is 0 Å². The number of hydrogen-bond donors (Lipinski definition) is 1. The Morgan fingerprint density at radius 3 is 2.76 bits per heavy atom. The fraction of sp³-hybridized carbons (Fsp3) is 0.333. The average molecular weight is 239 g/mol. The van der Waals surface area contributed by atoms with Crippen LogP contribution in [0, 0.1) is 5.82 Å². The van der Waals surface area contributed by atoms with E-state index in [9.17, 15) is 14.0 Å². The summed E-state index contributed by atoms with van der Waals surface area (Å²) in [5, 5.41) is 0. The van der Waals surface area contributed by atoms with E-state index in [2.05, 4.69) is 4.74 Å². The summed E-state index contributed by atoms with van der Waals surface area (Å²) in [6, 6.07) is 4.25. The molecule has 0 fully saturated rings. The highest BCUT2D eigenvalue weighted by Gasteiger charge is 2.19. The van der Waals surface area contributed by atoms with Crippen LogP contribution in [0.15, 0.2) is 24.3 Å². The van der Waals surface area contributed by atoms with Gasteiger partial charge in [0.25, 0.3) is 0 Å². The standard InChI is InChI=1S/C12H14FNO3/c1-2-17-12(16)10(14)7-11(15)8-4-3-5-9(13)6-8/h3-6,10H,2,7,14H2,1H3. The minimum absolute atomic E-state index is 0.192. The predicted octanol–water partition coefficient (Wildman–Crippen LogP) is 1.29. The van der Waals surface area contributed by atoms with Crippen molar-refractivity contribution in [3.63, 3.8) is 0 Å². The minimum atomic E-state index is -1.01. The number of carbonyl (C=O) groups excluding carboxylic acids is 2. The maximum Gasteiger partial charge on any atom is 0.323 e. The van der Waals surface area contributed by atoms with Crippen LogP contribution >= 0.6 is 0 Å². The highest BCUT2D eigenvalue weighted by Crippen LogP contribution is 2.08. The number of carbonyl (C=O) groups is 2. The summed E-state index contributed by atoms with van der Waals surface area (Å²) >= 11 is 0. The van der Waals surface area contributed by atoms with Gasteiger partial charge in [-0.25, -0.2) is 4.39 Å². The van der Waals surface area contributed by atoms with E-state index in [0.29, 0.717) is 0 Å². The molecular formula is C12H14FNO3. The van der Waals surface area contributed by atoms with Gasteiger partial charge in [-0.05, 0) is 19.1 Å². The first-order chi connectivity index (χ1) is 8.04. The molecule has 0 aliphatic carbocycles. The van der Waals surface area contributed by atoms with Crippen LogP contribution in [0.5, 0.6) is 0 Å². The Kier molecular flexibility index (Phi) is 4.78. The molecule has 0 aromatic heterocycles. The molecule has 0 saturated carbocycles. The van der Waals surface area contributed by atoms with Crippen LogP contribution in [0.3, 0.4) is 0 Å². The molecule has 0 saturated heterocycles. The van der Waals surface area contributed by atoms with E-state index in [4.69, 9.17) is 5.73 Å². The first-order valence-corrected chi connectivity index (χ1v) is 5.25. The SMILES string of the molecule is CCOC(=O)C(N)CC(=O)c1cccc(F)c1. The largest absolute Gasteiger partial charge is 0.465 e. The number of halogens is 1. The molecule has 0 amide bonds. The number of rotatable bonds is 5. The second kappa shape index (κ2) is 6.10. The topological polar surface area (TPSA) is 69.4 Å². The molecule has 0 spiro atoms. The van der Waals surface area contributed by atoms with Crippen molar-refractivity contribution in [2.24, 2.45) is 5.73 Å². The molecule has 1 aromatic rings. The van der Waals surface area contributed by atoms with Crippen LogP contribution < -0.4 is 5.73 Å². The smallest absolute Gasteiger partial charge is 0.323 e. The van der Waals surface area contributed by atoms with Crippen LogP contribution in [-0.2, 0) is 9.53 Å². The predicted molar refractivity (Wildman–Crippen MR) is 60.0 cm³/mol. The van der Waals surface area contributed by atoms with Gasteiger partial charge in [-0.1, -0.05) is 12.1 Å². The lowest BCUT2D eigenvalue weighted by molar-refractivity contribution is -0.144. The molecule has 92 valence electrons. The molecule has 1 unspecified atom stereocenters. The third-order valence-corrected chi connectivity index (χ3v) is 2.14. The lowest BCUT2D eigenvalue weighted by Gasteiger charge is -2.09. The van der Waals surface area contributed by atoms with Gasteiger partial charge in [0, 0.05) is 12.0 Å². The summed E-state index contributed by atoms with van der Waals surface area (Å²) in [6.45, 7) is 1.86. The Balaban J connectivity index is 2.63. The van der Waals surface area contributed by atoms with Crippen LogP contribution in [-0.4, -0.2) is 24.4 Å². The monoisotopic (exact) mass is 239 g/mol. The number of hydrogen-bond acceptors (Lipinski definition) is 4. The Hall–Kier alpha value is -1.75. The fourth-order valence-corrected chi connectivity index (χ4v) is 1.31. The van der Waals surface area contributed by atoms with Gasteiger partial charge in [0.15, 0.2) is 5.78 Å². The minimum Gasteiger partial charge on any atom is -0.465 e. The van der Waals surface area contributed by atoms with E-state index < -0.39 is 17.8 Å². The molecule has 17 heavy (non-hydrogen) atoms. The summed E-state index contributed by atoms with van der Waals surface area (Å²) in [5.41, 5.74) is 5.69. The summed E-state index contributed by atoms with van der Waals surface area (Å²) in [6.07, 6.45) is -0.192. The maximum absolute atomic E-state index is 12.9.